The molecule has 3 rings (SSSR count). The summed E-state index contributed by atoms with van der Waals surface area (Å²) >= 11 is 0. The van der Waals surface area contributed by atoms with Gasteiger partial charge in [0.05, 0.1) is 0 Å². The molecule has 2 atom stereocenters. The number of hydrogen-bond acceptors (Lipinski definition) is 3. The van der Waals surface area contributed by atoms with E-state index in [9.17, 15) is 9.59 Å². The van der Waals surface area contributed by atoms with E-state index in [0.29, 0.717) is 31.0 Å². The molecular weight excluding hydrogens is 302 g/mol. The molecular formula is C19H27N3O2. The molecule has 0 aliphatic carbocycles. The van der Waals surface area contributed by atoms with Crippen LogP contribution >= 0.6 is 0 Å². The largest absolute Gasteiger partial charge is 0.356 e. The molecule has 2 aliphatic rings. The lowest BCUT2D eigenvalue weighted by molar-refractivity contribution is -0.122. The van der Waals surface area contributed by atoms with E-state index in [1.54, 1.807) is 0 Å². The van der Waals surface area contributed by atoms with Crippen molar-refractivity contribution in [3.63, 3.8) is 0 Å². The van der Waals surface area contributed by atoms with Crippen molar-refractivity contribution in [2.45, 2.75) is 57.5 Å². The highest BCUT2D eigenvalue weighted by atomic mass is 16.2. The van der Waals surface area contributed by atoms with Crippen molar-refractivity contribution >= 4 is 17.5 Å². The first kappa shape index (κ1) is 17.0. The minimum Gasteiger partial charge on any atom is -0.356 e. The zero-order valence-corrected chi connectivity index (χ0v) is 14.3. The van der Waals surface area contributed by atoms with Gasteiger partial charge in [-0.1, -0.05) is 12.1 Å². The van der Waals surface area contributed by atoms with Crippen LogP contribution in [0.2, 0.25) is 0 Å². The highest BCUT2D eigenvalue weighted by molar-refractivity contribution is 5.88. The van der Waals surface area contributed by atoms with Crippen molar-refractivity contribution in [3.8, 4) is 0 Å². The number of carbonyl (C=O) groups excluding carboxylic acids is 2. The summed E-state index contributed by atoms with van der Waals surface area (Å²) in [5, 5.41) is 9.41. The molecule has 2 aliphatic heterocycles. The SMILES string of the molecule is CC(=O)Nc1ccc(CCNC(=O)CC2CC3CCC(C2)N3)cc1. The van der Waals surface area contributed by atoms with Crippen molar-refractivity contribution in [2.24, 2.45) is 5.92 Å². The van der Waals surface area contributed by atoms with Crippen molar-refractivity contribution < 1.29 is 9.59 Å². The van der Waals surface area contributed by atoms with Crippen LogP contribution in [0.25, 0.3) is 0 Å². The summed E-state index contributed by atoms with van der Waals surface area (Å²) in [6, 6.07) is 9.05. The Labute approximate surface area is 143 Å². The lowest BCUT2D eigenvalue weighted by atomic mass is 9.89. The van der Waals surface area contributed by atoms with Crippen LogP contribution in [0.1, 0.15) is 44.6 Å². The van der Waals surface area contributed by atoms with Gasteiger partial charge in [0, 0.05) is 37.7 Å². The molecule has 2 amide bonds. The standard InChI is InChI=1S/C19H27N3O2/c1-13(23)21-16-4-2-14(3-5-16)8-9-20-19(24)12-15-10-17-6-7-18(11-15)22-17/h2-5,15,17-18,22H,6-12H2,1H3,(H,20,24)(H,21,23). The quantitative estimate of drug-likeness (QED) is 0.749. The zero-order chi connectivity index (χ0) is 16.9. The van der Waals surface area contributed by atoms with Crippen LogP contribution in [0.15, 0.2) is 24.3 Å². The molecule has 1 aromatic carbocycles. The van der Waals surface area contributed by atoms with Gasteiger partial charge in [0.1, 0.15) is 0 Å². The van der Waals surface area contributed by atoms with Gasteiger partial charge < -0.3 is 16.0 Å². The van der Waals surface area contributed by atoms with E-state index in [0.717, 1.165) is 30.5 Å². The van der Waals surface area contributed by atoms with Crippen LogP contribution in [0.5, 0.6) is 0 Å². The Kier molecular flexibility index (Phi) is 5.51. The van der Waals surface area contributed by atoms with Crippen molar-refractivity contribution in [3.05, 3.63) is 29.8 Å². The fourth-order valence-electron chi connectivity index (χ4n) is 3.98. The van der Waals surface area contributed by atoms with Crippen LogP contribution in [-0.4, -0.2) is 30.4 Å². The number of carbonyl (C=O) groups is 2. The molecule has 0 radical (unpaired) electrons. The lowest BCUT2D eigenvalue weighted by Crippen LogP contribution is -2.39. The normalized spacial score (nSPS) is 25.3. The number of hydrogen-bond donors (Lipinski definition) is 3. The fraction of sp³-hybridized carbons (Fsp3) is 0.579. The number of anilines is 1. The third kappa shape index (κ3) is 4.81. The molecule has 0 saturated carbocycles. The summed E-state index contributed by atoms with van der Waals surface area (Å²) in [6.07, 6.45) is 6.32. The van der Waals surface area contributed by atoms with E-state index in [-0.39, 0.29) is 11.8 Å². The average molecular weight is 329 g/mol. The Balaban J connectivity index is 1.36. The molecule has 2 unspecified atom stereocenters. The van der Waals surface area contributed by atoms with Gasteiger partial charge in [0.25, 0.3) is 0 Å². The molecule has 0 aromatic heterocycles. The van der Waals surface area contributed by atoms with Crippen molar-refractivity contribution in [1.29, 1.82) is 0 Å². The molecule has 0 spiro atoms. The maximum atomic E-state index is 12.1. The molecule has 3 N–H and O–H groups in total. The molecule has 2 bridgehead atoms. The van der Waals surface area contributed by atoms with Crippen LogP contribution in [0.3, 0.4) is 0 Å². The number of benzene rings is 1. The Morgan fingerprint density at radius 1 is 1.12 bits per heavy atom. The van der Waals surface area contributed by atoms with E-state index in [1.165, 1.54) is 19.8 Å². The minimum atomic E-state index is -0.0682. The lowest BCUT2D eigenvalue weighted by Gasteiger charge is -2.28. The van der Waals surface area contributed by atoms with Gasteiger partial charge in [0.15, 0.2) is 0 Å². The van der Waals surface area contributed by atoms with Crippen LogP contribution in [-0.2, 0) is 16.0 Å². The van der Waals surface area contributed by atoms with Gasteiger partial charge in [-0.3, -0.25) is 9.59 Å². The number of nitrogens with one attached hydrogen (secondary N) is 3. The maximum Gasteiger partial charge on any atom is 0.221 e. The number of amides is 2. The van der Waals surface area contributed by atoms with Gasteiger partial charge in [0.2, 0.25) is 11.8 Å². The van der Waals surface area contributed by atoms with E-state index >= 15 is 0 Å². The van der Waals surface area contributed by atoms with Gasteiger partial charge in [-0.2, -0.15) is 0 Å². The summed E-state index contributed by atoms with van der Waals surface area (Å²) in [5.74, 6) is 0.651. The smallest absolute Gasteiger partial charge is 0.221 e. The second-order valence-electron chi connectivity index (χ2n) is 7.16. The third-order valence-corrected chi connectivity index (χ3v) is 5.05. The Hall–Kier alpha value is -1.88. The van der Waals surface area contributed by atoms with E-state index in [2.05, 4.69) is 16.0 Å². The molecule has 5 nitrogen and oxygen atoms in total. The summed E-state index contributed by atoms with van der Waals surface area (Å²) in [6.45, 7) is 2.16. The van der Waals surface area contributed by atoms with Gasteiger partial charge in [-0.05, 0) is 55.7 Å². The van der Waals surface area contributed by atoms with Gasteiger partial charge in [-0.15, -0.1) is 0 Å². The Morgan fingerprint density at radius 3 is 2.42 bits per heavy atom. The fourth-order valence-corrected chi connectivity index (χ4v) is 3.98. The van der Waals surface area contributed by atoms with E-state index in [4.69, 9.17) is 0 Å². The number of piperidine rings is 1. The van der Waals surface area contributed by atoms with Gasteiger partial charge >= 0.3 is 0 Å². The predicted molar refractivity (Wildman–Crippen MR) is 94.7 cm³/mol. The molecule has 2 heterocycles. The Morgan fingerprint density at radius 2 is 1.79 bits per heavy atom. The first-order chi connectivity index (χ1) is 11.6. The van der Waals surface area contributed by atoms with E-state index < -0.39 is 0 Å². The molecule has 130 valence electrons. The molecule has 5 heteroatoms. The molecule has 1 aromatic rings. The second kappa shape index (κ2) is 7.79. The molecule has 2 saturated heterocycles. The highest BCUT2D eigenvalue weighted by Gasteiger charge is 2.33. The number of fused-ring (bicyclic) bond motifs is 2. The maximum absolute atomic E-state index is 12.1. The zero-order valence-electron chi connectivity index (χ0n) is 14.3. The monoisotopic (exact) mass is 329 g/mol. The Bertz CT molecular complexity index is 573. The van der Waals surface area contributed by atoms with Gasteiger partial charge in [-0.25, -0.2) is 0 Å². The average Bonchev–Trinajstić information content (AvgIpc) is 2.87. The third-order valence-electron chi connectivity index (χ3n) is 5.05. The topological polar surface area (TPSA) is 70.2 Å². The first-order valence-electron chi connectivity index (χ1n) is 8.98. The van der Waals surface area contributed by atoms with Crippen molar-refractivity contribution in [2.75, 3.05) is 11.9 Å². The predicted octanol–water partition coefficient (Wildman–Crippen LogP) is 2.22. The van der Waals surface area contributed by atoms with Crippen LogP contribution in [0.4, 0.5) is 5.69 Å². The van der Waals surface area contributed by atoms with E-state index in [1.807, 2.05) is 24.3 Å². The molecule has 2 fully saturated rings. The van der Waals surface area contributed by atoms with Crippen molar-refractivity contribution in [1.82, 2.24) is 10.6 Å². The molecule has 24 heavy (non-hydrogen) atoms. The van der Waals surface area contributed by atoms with Crippen LogP contribution in [0, 0.1) is 5.92 Å². The number of rotatable bonds is 6. The summed E-state index contributed by atoms with van der Waals surface area (Å²) in [4.78, 5) is 23.1. The summed E-state index contributed by atoms with van der Waals surface area (Å²) < 4.78 is 0. The second-order valence-corrected chi connectivity index (χ2v) is 7.16. The highest BCUT2D eigenvalue weighted by Crippen LogP contribution is 2.32. The van der Waals surface area contributed by atoms with Crippen LogP contribution < -0.4 is 16.0 Å². The minimum absolute atomic E-state index is 0.0682. The summed E-state index contributed by atoms with van der Waals surface area (Å²) in [5.41, 5.74) is 1.96. The summed E-state index contributed by atoms with van der Waals surface area (Å²) in [7, 11) is 0. The first-order valence-corrected chi connectivity index (χ1v) is 8.98.